The summed E-state index contributed by atoms with van der Waals surface area (Å²) in [6.45, 7) is 0. The molecule has 0 aliphatic heterocycles. The molecule has 0 unspecified atom stereocenters. The van der Waals surface area contributed by atoms with Crippen molar-refractivity contribution in [1.82, 2.24) is 4.90 Å². The number of nitriles is 1. The summed E-state index contributed by atoms with van der Waals surface area (Å²) in [6, 6.07) is 16.7. The van der Waals surface area contributed by atoms with E-state index in [-0.39, 0.29) is 5.17 Å². The van der Waals surface area contributed by atoms with Gasteiger partial charge in [-0.2, -0.15) is 5.26 Å². The number of thioether (sulfide) groups is 1. The number of hydrogen-bond donors (Lipinski definition) is 0. The van der Waals surface area contributed by atoms with Crippen molar-refractivity contribution in [2.24, 2.45) is 0 Å². The quantitative estimate of drug-likeness (QED) is 0.452. The van der Waals surface area contributed by atoms with Gasteiger partial charge in [0.1, 0.15) is 11.2 Å². The molecule has 7 heteroatoms. The average Bonchev–Trinajstić information content (AvgIpc) is 2.57. The smallest absolute Gasteiger partial charge is 0.275 e. The fraction of sp³-hybridized carbons (Fsp3) is 0.118. The molecule has 122 valence electrons. The highest BCUT2D eigenvalue weighted by atomic mass is 32.2. The number of nitrogens with zero attached hydrogens (tertiary/aromatic N) is 3. The summed E-state index contributed by atoms with van der Waals surface area (Å²) in [5, 5.41) is 11.5. The summed E-state index contributed by atoms with van der Waals surface area (Å²) >= 11 is 12.0. The Bertz CT molecular complexity index is 755. The second-order valence-electron chi connectivity index (χ2n) is 4.88. The molecule has 0 aliphatic carbocycles. The predicted octanol–water partition coefficient (Wildman–Crippen LogP) is 4.28. The fourth-order valence-electron chi connectivity index (χ4n) is 1.84. The molecule has 2 aromatic rings. The van der Waals surface area contributed by atoms with Gasteiger partial charge in [0.15, 0.2) is 5.11 Å². The molecule has 0 aromatic heterocycles. The van der Waals surface area contributed by atoms with Crippen molar-refractivity contribution in [2.45, 2.75) is 4.90 Å². The highest BCUT2D eigenvalue weighted by molar-refractivity contribution is 8.03. The number of thiocarbonyl (C=S) groups is 2. The van der Waals surface area contributed by atoms with Crippen LogP contribution in [0.5, 0.6) is 5.75 Å². The summed E-state index contributed by atoms with van der Waals surface area (Å²) in [7, 11) is 3.70. The van der Waals surface area contributed by atoms with Crippen molar-refractivity contribution in [3.8, 4) is 11.2 Å². The lowest BCUT2D eigenvalue weighted by atomic mass is 10.3. The second kappa shape index (κ2) is 8.64. The number of rotatable bonds is 3. The van der Waals surface area contributed by atoms with Gasteiger partial charge in [-0.25, -0.2) is 4.90 Å². The van der Waals surface area contributed by atoms with E-state index in [9.17, 15) is 0 Å². The molecule has 0 heterocycles. The molecule has 0 atom stereocenters. The Balaban J connectivity index is 2.29. The van der Waals surface area contributed by atoms with E-state index in [0.29, 0.717) is 10.9 Å². The zero-order valence-electron chi connectivity index (χ0n) is 13.2. The van der Waals surface area contributed by atoms with E-state index in [1.807, 2.05) is 74.1 Å². The van der Waals surface area contributed by atoms with Crippen LogP contribution in [0.25, 0.3) is 0 Å². The van der Waals surface area contributed by atoms with E-state index in [1.165, 1.54) is 0 Å². The van der Waals surface area contributed by atoms with Gasteiger partial charge in [-0.15, -0.1) is 0 Å². The third kappa shape index (κ3) is 4.68. The highest BCUT2D eigenvalue weighted by Crippen LogP contribution is 2.24. The summed E-state index contributed by atoms with van der Waals surface area (Å²) in [5.41, 5.74) is 0.775. The normalized spacial score (nSPS) is 9.71. The lowest BCUT2D eigenvalue weighted by Gasteiger charge is -2.28. The minimum absolute atomic E-state index is 0.237. The second-order valence-corrected chi connectivity index (χ2v) is 6.45. The third-order valence-corrected chi connectivity index (χ3v) is 4.38. The Morgan fingerprint density at radius 2 is 1.67 bits per heavy atom. The Kier molecular flexibility index (Phi) is 6.55. The molecule has 2 aromatic carbocycles. The monoisotopic (exact) mass is 373 g/mol. The largest absolute Gasteiger partial charge is 0.431 e. The van der Waals surface area contributed by atoms with Gasteiger partial charge >= 0.3 is 0 Å². The van der Waals surface area contributed by atoms with Gasteiger partial charge in [-0.05, 0) is 72.6 Å². The zero-order valence-corrected chi connectivity index (χ0v) is 15.6. The summed E-state index contributed by atoms with van der Waals surface area (Å²) in [4.78, 5) is 4.32. The van der Waals surface area contributed by atoms with Crippen LogP contribution in [0.2, 0.25) is 0 Å². The van der Waals surface area contributed by atoms with Crippen LogP contribution in [0.4, 0.5) is 5.69 Å². The van der Waals surface area contributed by atoms with E-state index in [4.69, 9.17) is 34.4 Å². The molecule has 0 saturated carbocycles. The average molecular weight is 374 g/mol. The number of thiocyanates is 1. The Labute approximate surface area is 156 Å². The van der Waals surface area contributed by atoms with E-state index >= 15 is 0 Å². The van der Waals surface area contributed by atoms with Crippen LogP contribution in [-0.2, 0) is 0 Å². The highest BCUT2D eigenvalue weighted by Gasteiger charge is 2.20. The number of benzene rings is 2. The Hall–Kier alpha value is -2.14. The van der Waals surface area contributed by atoms with E-state index in [2.05, 4.69) is 0 Å². The first kappa shape index (κ1) is 18.2. The van der Waals surface area contributed by atoms with Gasteiger partial charge in [0, 0.05) is 19.0 Å². The number of hydrogen-bond acceptors (Lipinski definition) is 5. The fourth-order valence-corrected chi connectivity index (χ4v) is 2.76. The van der Waals surface area contributed by atoms with Crippen LogP contribution >= 0.6 is 36.2 Å². The number of para-hydroxylation sites is 1. The van der Waals surface area contributed by atoms with E-state index in [1.54, 1.807) is 9.80 Å². The number of anilines is 1. The molecule has 0 radical (unpaired) electrons. The maximum Gasteiger partial charge on any atom is 0.275 e. The predicted molar refractivity (Wildman–Crippen MR) is 106 cm³/mol. The van der Waals surface area contributed by atoms with Gasteiger partial charge < -0.3 is 9.64 Å². The van der Waals surface area contributed by atoms with Gasteiger partial charge in [0.2, 0.25) is 0 Å². The Morgan fingerprint density at radius 3 is 2.21 bits per heavy atom. The van der Waals surface area contributed by atoms with E-state index < -0.39 is 0 Å². The topological polar surface area (TPSA) is 39.5 Å². The van der Waals surface area contributed by atoms with Crippen molar-refractivity contribution in [3.63, 3.8) is 0 Å². The molecular weight excluding hydrogens is 358 g/mol. The minimum Gasteiger partial charge on any atom is -0.431 e. The first-order valence-electron chi connectivity index (χ1n) is 6.97. The van der Waals surface area contributed by atoms with Crippen LogP contribution in [0.15, 0.2) is 59.5 Å². The molecule has 0 fully saturated rings. The van der Waals surface area contributed by atoms with Crippen LogP contribution in [0.3, 0.4) is 0 Å². The molecule has 4 nitrogen and oxygen atoms in total. The van der Waals surface area contributed by atoms with E-state index in [0.717, 1.165) is 22.3 Å². The zero-order chi connectivity index (χ0) is 17.5. The van der Waals surface area contributed by atoms with Crippen molar-refractivity contribution >= 4 is 52.2 Å². The lowest BCUT2D eigenvalue weighted by molar-refractivity contribution is 0.549. The van der Waals surface area contributed by atoms with Gasteiger partial charge in [-0.3, -0.25) is 0 Å². The molecular formula is C17H15N3OS3. The van der Waals surface area contributed by atoms with Crippen LogP contribution < -0.4 is 9.64 Å². The maximum absolute atomic E-state index is 8.75. The molecule has 24 heavy (non-hydrogen) atoms. The summed E-state index contributed by atoms with van der Waals surface area (Å²) in [5.74, 6) is 0.644. The SMILES string of the molecule is CN(C)C(=S)N(C(=S)Oc1ccccc1)c1ccc(SC#N)cc1. The van der Waals surface area contributed by atoms with Gasteiger partial charge in [0.25, 0.3) is 5.17 Å². The van der Waals surface area contributed by atoms with Crippen molar-refractivity contribution in [3.05, 3.63) is 54.6 Å². The van der Waals surface area contributed by atoms with Crippen LogP contribution in [0.1, 0.15) is 0 Å². The molecule has 0 aliphatic rings. The summed E-state index contributed by atoms with van der Waals surface area (Å²) in [6.07, 6.45) is 0. The first-order valence-corrected chi connectivity index (χ1v) is 8.60. The molecule has 2 rings (SSSR count). The number of ether oxygens (including phenoxy) is 1. The van der Waals surface area contributed by atoms with Crippen molar-refractivity contribution < 1.29 is 4.74 Å². The molecule has 0 saturated heterocycles. The van der Waals surface area contributed by atoms with Gasteiger partial charge in [-0.1, -0.05) is 18.2 Å². The third-order valence-electron chi connectivity index (χ3n) is 2.96. The summed E-state index contributed by atoms with van der Waals surface area (Å²) < 4.78 is 5.77. The Morgan fingerprint density at radius 1 is 1.04 bits per heavy atom. The van der Waals surface area contributed by atoms with Crippen molar-refractivity contribution in [1.29, 1.82) is 5.26 Å². The maximum atomic E-state index is 8.75. The van der Waals surface area contributed by atoms with Gasteiger partial charge in [0.05, 0.1) is 5.69 Å². The molecule has 0 bridgehead atoms. The molecule has 0 N–H and O–H groups in total. The first-order chi connectivity index (χ1) is 11.5. The minimum atomic E-state index is 0.237. The van der Waals surface area contributed by atoms with Crippen molar-refractivity contribution in [2.75, 3.05) is 19.0 Å². The van der Waals surface area contributed by atoms with Crippen LogP contribution in [0, 0.1) is 10.7 Å². The standard InChI is InChI=1S/C17H15N3OS3/c1-19(2)16(22)20(13-8-10-15(11-9-13)24-12-18)17(23)21-14-6-4-3-5-7-14/h3-11H,1-2H3. The van der Waals surface area contributed by atoms with Crippen LogP contribution in [-0.4, -0.2) is 29.3 Å². The lowest BCUT2D eigenvalue weighted by Crippen LogP contribution is -2.44. The molecule has 0 spiro atoms. The molecule has 0 amide bonds.